The van der Waals surface area contributed by atoms with E-state index in [-0.39, 0.29) is 5.95 Å². The first-order valence-corrected chi connectivity index (χ1v) is 6.18. The zero-order valence-electron chi connectivity index (χ0n) is 10.8. The highest BCUT2D eigenvalue weighted by molar-refractivity contribution is 5.18. The van der Waals surface area contributed by atoms with Crippen molar-refractivity contribution >= 4 is 0 Å². The van der Waals surface area contributed by atoms with Gasteiger partial charge in [0.2, 0.25) is 5.95 Å². The molecule has 0 saturated carbocycles. The molecular formula is C14H18FN3. The maximum Gasteiger partial charge on any atom is 0.216 e. The van der Waals surface area contributed by atoms with Crippen molar-refractivity contribution in [3.8, 4) is 0 Å². The number of hydrogen-bond acceptors (Lipinski definition) is 2. The molecular weight excluding hydrogens is 229 g/mol. The van der Waals surface area contributed by atoms with Crippen LogP contribution in [-0.4, -0.2) is 9.78 Å². The van der Waals surface area contributed by atoms with Crippen LogP contribution in [0.1, 0.15) is 23.7 Å². The number of halogens is 1. The fraction of sp³-hybridized carbons (Fsp3) is 0.357. The van der Waals surface area contributed by atoms with Gasteiger partial charge in [0.05, 0.1) is 5.69 Å². The van der Waals surface area contributed by atoms with Crippen molar-refractivity contribution in [3.63, 3.8) is 0 Å². The Morgan fingerprint density at radius 2 is 1.94 bits per heavy atom. The molecule has 0 radical (unpaired) electrons. The molecule has 4 heteroatoms. The average Bonchev–Trinajstić information content (AvgIpc) is 2.67. The van der Waals surface area contributed by atoms with Crippen LogP contribution < -0.4 is 5.32 Å². The summed E-state index contributed by atoms with van der Waals surface area (Å²) >= 11 is 0. The minimum Gasteiger partial charge on any atom is -0.308 e. The molecule has 1 aromatic carbocycles. The van der Waals surface area contributed by atoms with E-state index < -0.39 is 0 Å². The van der Waals surface area contributed by atoms with E-state index in [4.69, 9.17) is 0 Å². The molecule has 0 spiro atoms. The SMILES string of the molecule is CCn1nc(C)c(CNCc2ccccc2)c1F. The molecule has 0 aliphatic rings. The summed E-state index contributed by atoms with van der Waals surface area (Å²) in [6, 6.07) is 10.1. The lowest BCUT2D eigenvalue weighted by Gasteiger charge is -2.04. The molecule has 0 unspecified atom stereocenters. The van der Waals surface area contributed by atoms with Crippen molar-refractivity contribution in [2.45, 2.75) is 33.5 Å². The maximum absolute atomic E-state index is 13.9. The Bertz CT molecular complexity index is 505. The van der Waals surface area contributed by atoms with Gasteiger partial charge in [-0.05, 0) is 19.4 Å². The van der Waals surface area contributed by atoms with Crippen molar-refractivity contribution < 1.29 is 4.39 Å². The van der Waals surface area contributed by atoms with Gasteiger partial charge in [0.25, 0.3) is 0 Å². The highest BCUT2D eigenvalue weighted by atomic mass is 19.1. The molecule has 0 atom stereocenters. The van der Waals surface area contributed by atoms with Crippen molar-refractivity contribution in [1.82, 2.24) is 15.1 Å². The Balaban J connectivity index is 1.96. The second-order valence-electron chi connectivity index (χ2n) is 4.26. The van der Waals surface area contributed by atoms with Gasteiger partial charge in [-0.25, -0.2) is 4.68 Å². The fourth-order valence-electron chi connectivity index (χ4n) is 1.93. The zero-order chi connectivity index (χ0) is 13.0. The number of rotatable bonds is 5. The number of nitrogens with one attached hydrogen (secondary N) is 1. The summed E-state index contributed by atoms with van der Waals surface area (Å²) in [6.45, 7) is 5.53. The first kappa shape index (κ1) is 12.8. The number of benzene rings is 1. The standard InChI is InChI=1S/C14H18FN3/c1-3-18-14(15)13(11(2)17-18)10-16-9-12-7-5-4-6-8-12/h4-8,16H,3,9-10H2,1-2H3. The number of nitrogens with zero attached hydrogens (tertiary/aromatic N) is 2. The molecule has 0 aliphatic carbocycles. The van der Waals surface area contributed by atoms with Crippen LogP contribution in [0.15, 0.2) is 30.3 Å². The molecule has 0 saturated heterocycles. The molecule has 0 amide bonds. The van der Waals surface area contributed by atoms with Gasteiger partial charge < -0.3 is 5.32 Å². The normalized spacial score (nSPS) is 10.8. The van der Waals surface area contributed by atoms with Crippen LogP contribution in [0.25, 0.3) is 0 Å². The van der Waals surface area contributed by atoms with Crippen LogP contribution in [0, 0.1) is 12.9 Å². The van der Waals surface area contributed by atoms with E-state index in [1.807, 2.05) is 44.2 Å². The first-order valence-electron chi connectivity index (χ1n) is 6.18. The first-order chi connectivity index (χ1) is 8.72. The number of aryl methyl sites for hydroxylation is 2. The van der Waals surface area contributed by atoms with Crippen molar-refractivity contribution in [2.24, 2.45) is 0 Å². The number of aromatic nitrogens is 2. The average molecular weight is 247 g/mol. The van der Waals surface area contributed by atoms with Gasteiger partial charge in [-0.2, -0.15) is 9.49 Å². The largest absolute Gasteiger partial charge is 0.308 e. The van der Waals surface area contributed by atoms with E-state index in [2.05, 4.69) is 10.4 Å². The summed E-state index contributed by atoms with van der Waals surface area (Å²) in [5.74, 6) is -0.226. The molecule has 18 heavy (non-hydrogen) atoms. The number of hydrogen-bond donors (Lipinski definition) is 1. The molecule has 96 valence electrons. The molecule has 0 aliphatic heterocycles. The molecule has 1 aromatic heterocycles. The monoisotopic (exact) mass is 247 g/mol. The van der Waals surface area contributed by atoms with Crippen LogP contribution in [0.4, 0.5) is 4.39 Å². The van der Waals surface area contributed by atoms with E-state index >= 15 is 0 Å². The predicted octanol–water partition coefficient (Wildman–Crippen LogP) is 2.64. The van der Waals surface area contributed by atoms with Gasteiger partial charge in [-0.1, -0.05) is 30.3 Å². The summed E-state index contributed by atoms with van der Waals surface area (Å²) in [5, 5.41) is 7.40. The quantitative estimate of drug-likeness (QED) is 0.880. The van der Waals surface area contributed by atoms with E-state index in [9.17, 15) is 4.39 Å². The highest BCUT2D eigenvalue weighted by Gasteiger charge is 2.13. The summed E-state index contributed by atoms with van der Waals surface area (Å²) < 4.78 is 15.3. The molecule has 1 N–H and O–H groups in total. The summed E-state index contributed by atoms with van der Waals surface area (Å²) in [4.78, 5) is 0. The highest BCUT2D eigenvalue weighted by Crippen LogP contribution is 2.12. The Hall–Kier alpha value is -1.68. The molecule has 0 bridgehead atoms. The topological polar surface area (TPSA) is 29.9 Å². The summed E-state index contributed by atoms with van der Waals surface area (Å²) in [6.07, 6.45) is 0. The minimum absolute atomic E-state index is 0.226. The van der Waals surface area contributed by atoms with E-state index in [0.29, 0.717) is 18.7 Å². The lowest BCUT2D eigenvalue weighted by molar-refractivity contribution is 0.460. The van der Waals surface area contributed by atoms with Crippen LogP contribution in [-0.2, 0) is 19.6 Å². The Labute approximate surface area is 107 Å². The zero-order valence-corrected chi connectivity index (χ0v) is 10.8. The van der Waals surface area contributed by atoms with Gasteiger partial charge in [0, 0.05) is 25.2 Å². The minimum atomic E-state index is -0.226. The Morgan fingerprint density at radius 3 is 2.56 bits per heavy atom. The molecule has 2 aromatic rings. The van der Waals surface area contributed by atoms with Gasteiger partial charge in [0.15, 0.2) is 0 Å². The fourth-order valence-corrected chi connectivity index (χ4v) is 1.93. The van der Waals surface area contributed by atoms with Crippen molar-refractivity contribution in [2.75, 3.05) is 0 Å². The van der Waals surface area contributed by atoms with E-state index in [1.165, 1.54) is 10.2 Å². The summed E-state index contributed by atoms with van der Waals surface area (Å²) in [7, 11) is 0. The van der Waals surface area contributed by atoms with Crippen LogP contribution in [0.5, 0.6) is 0 Å². The third kappa shape index (κ3) is 2.76. The second-order valence-corrected chi connectivity index (χ2v) is 4.26. The third-order valence-electron chi connectivity index (χ3n) is 2.96. The Kier molecular flexibility index (Phi) is 4.10. The Morgan fingerprint density at radius 1 is 1.22 bits per heavy atom. The van der Waals surface area contributed by atoms with E-state index in [0.717, 1.165) is 12.2 Å². The van der Waals surface area contributed by atoms with Gasteiger partial charge in [0.1, 0.15) is 0 Å². The maximum atomic E-state index is 13.9. The molecule has 1 heterocycles. The molecule has 0 fully saturated rings. The van der Waals surface area contributed by atoms with E-state index in [1.54, 1.807) is 0 Å². The van der Waals surface area contributed by atoms with Crippen molar-refractivity contribution in [1.29, 1.82) is 0 Å². The van der Waals surface area contributed by atoms with Crippen molar-refractivity contribution in [3.05, 3.63) is 53.1 Å². The van der Waals surface area contributed by atoms with Gasteiger partial charge in [-0.3, -0.25) is 0 Å². The lowest BCUT2D eigenvalue weighted by atomic mass is 10.2. The van der Waals surface area contributed by atoms with Gasteiger partial charge in [-0.15, -0.1) is 0 Å². The second kappa shape index (κ2) is 5.78. The van der Waals surface area contributed by atoms with Crippen LogP contribution in [0.2, 0.25) is 0 Å². The molecule has 2 rings (SSSR count). The van der Waals surface area contributed by atoms with Crippen LogP contribution >= 0.6 is 0 Å². The van der Waals surface area contributed by atoms with Gasteiger partial charge >= 0.3 is 0 Å². The molecule has 3 nitrogen and oxygen atoms in total. The summed E-state index contributed by atoms with van der Waals surface area (Å²) in [5.41, 5.74) is 2.61. The third-order valence-corrected chi connectivity index (χ3v) is 2.96. The lowest BCUT2D eigenvalue weighted by Crippen LogP contribution is -2.14. The smallest absolute Gasteiger partial charge is 0.216 e. The predicted molar refractivity (Wildman–Crippen MR) is 69.6 cm³/mol. The van der Waals surface area contributed by atoms with Crippen LogP contribution in [0.3, 0.4) is 0 Å².